The molecule has 1 aliphatic carbocycles. The summed E-state index contributed by atoms with van der Waals surface area (Å²) in [6, 6.07) is 31.1. The SMILES string of the molecule is C=C/C=C\C/C(N)=C/C=C\CC1C=Cc2c(n(-c3ccccc3)c3c2ccc2cc(-c4ccc(/C=C\C=C/C)cc4)ccc23)C1. The van der Waals surface area contributed by atoms with E-state index in [9.17, 15) is 0 Å². The van der Waals surface area contributed by atoms with Gasteiger partial charge in [-0.3, -0.25) is 0 Å². The Hall–Kier alpha value is -5.34. The molecule has 1 aliphatic rings. The van der Waals surface area contributed by atoms with Crippen LogP contribution >= 0.6 is 0 Å². The Morgan fingerprint density at radius 1 is 0.867 bits per heavy atom. The smallest absolute Gasteiger partial charge is 0.0616 e. The van der Waals surface area contributed by atoms with Gasteiger partial charge in [0.05, 0.1) is 5.52 Å². The van der Waals surface area contributed by atoms with Crippen LogP contribution in [0.3, 0.4) is 0 Å². The van der Waals surface area contributed by atoms with Crippen LogP contribution in [0, 0.1) is 5.92 Å². The van der Waals surface area contributed by atoms with Gasteiger partial charge in [0.2, 0.25) is 0 Å². The normalized spacial score (nSPS) is 15.4. The first kappa shape index (κ1) is 29.7. The van der Waals surface area contributed by atoms with E-state index in [2.05, 4.69) is 139 Å². The molecule has 0 saturated heterocycles. The summed E-state index contributed by atoms with van der Waals surface area (Å²) in [5.74, 6) is 0.421. The third kappa shape index (κ3) is 6.61. The third-order valence-electron chi connectivity index (χ3n) is 8.44. The first-order valence-corrected chi connectivity index (χ1v) is 15.8. The Labute approximate surface area is 267 Å². The van der Waals surface area contributed by atoms with Gasteiger partial charge in [-0.15, -0.1) is 0 Å². The summed E-state index contributed by atoms with van der Waals surface area (Å²) >= 11 is 0. The zero-order valence-electron chi connectivity index (χ0n) is 25.9. The average Bonchev–Trinajstić information content (AvgIpc) is 3.41. The van der Waals surface area contributed by atoms with Crippen molar-refractivity contribution < 1.29 is 0 Å². The summed E-state index contributed by atoms with van der Waals surface area (Å²) < 4.78 is 2.50. The predicted octanol–water partition coefficient (Wildman–Crippen LogP) is 11.1. The number of hydrogen-bond acceptors (Lipinski definition) is 1. The molecule has 1 atom stereocenters. The molecular weight excluding hydrogens is 544 g/mol. The van der Waals surface area contributed by atoms with Crippen LogP contribution in [0.25, 0.3) is 50.6 Å². The summed E-state index contributed by atoms with van der Waals surface area (Å²) in [6.07, 6.45) is 27.7. The second-order valence-electron chi connectivity index (χ2n) is 11.5. The molecule has 45 heavy (non-hydrogen) atoms. The van der Waals surface area contributed by atoms with Crippen LogP contribution in [-0.4, -0.2) is 4.57 Å². The van der Waals surface area contributed by atoms with Crippen molar-refractivity contribution in [1.29, 1.82) is 0 Å². The minimum atomic E-state index is 0.421. The fourth-order valence-electron chi connectivity index (χ4n) is 6.20. The number of hydrogen-bond donors (Lipinski definition) is 1. The highest BCUT2D eigenvalue weighted by Gasteiger charge is 2.23. The van der Waals surface area contributed by atoms with E-state index in [4.69, 9.17) is 5.73 Å². The van der Waals surface area contributed by atoms with E-state index in [0.29, 0.717) is 5.92 Å². The number of fused-ring (bicyclic) bond motifs is 5. The molecule has 222 valence electrons. The second kappa shape index (κ2) is 14.0. The molecule has 1 heterocycles. The van der Waals surface area contributed by atoms with Gasteiger partial charge in [0.25, 0.3) is 0 Å². The van der Waals surface area contributed by atoms with Gasteiger partial charge in [-0.1, -0.05) is 140 Å². The van der Waals surface area contributed by atoms with Crippen molar-refractivity contribution >= 4 is 33.8 Å². The van der Waals surface area contributed by atoms with E-state index in [1.807, 2.05) is 31.2 Å². The standard InChI is InChI=1S/C43H40N2/c1-3-5-8-14-32-20-23-34(24-21-32)35-25-28-39-36(31-35)26-29-41-40-27-22-33(15-12-13-17-37(44)16-9-6-4-2)30-42(40)45(43(39)41)38-18-10-7-11-19-38/h3-14,17-29,31,33H,2,15-16,30,44H2,1H3/b5-3-,9-6-,13-12-,14-8-,37-17-. The molecule has 0 bridgehead atoms. The van der Waals surface area contributed by atoms with Crippen LogP contribution in [0.1, 0.15) is 36.6 Å². The third-order valence-corrected chi connectivity index (χ3v) is 8.44. The monoisotopic (exact) mass is 584 g/mol. The minimum Gasteiger partial charge on any atom is -0.402 e. The highest BCUT2D eigenvalue weighted by Crippen LogP contribution is 2.40. The van der Waals surface area contributed by atoms with Crippen molar-refractivity contribution in [3.8, 4) is 16.8 Å². The Morgan fingerprint density at radius 3 is 2.47 bits per heavy atom. The van der Waals surface area contributed by atoms with Crippen LogP contribution in [0.5, 0.6) is 0 Å². The number of nitrogens with zero attached hydrogens (tertiary/aromatic N) is 1. The summed E-state index contributed by atoms with van der Waals surface area (Å²) in [4.78, 5) is 0. The Bertz CT molecular complexity index is 1990. The summed E-state index contributed by atoms with van der Waals surface area (Å²) in [6.45, 7) is 5.74. The molecule has 0 amide bonds. The van der Waals surface area contributed by atoms with Gasteiger partial charge in [-0.2, -0.15) is 0 Å². The molecule has 0 radical (unpaired) electrons. The van der Waals surface area contributed by atoms with Gasteiger partial charge in [-0.25, -0.2) is 0 Å². The molecule has 2 N–H and O–H groups in total. The lowest BCUT2D eigenvalue weighted by atomic mass is 9.90. The molecular formula is C43H40N2. The zero-order valence-corrected chi connectivity index (χ0v) is 25.9. The molecule has 1 unspecified atom stereocenters. The summed E-state index contributed by atoms with van der Waals surface area (Å²) in [5, 5.41) is 3.83. The highest BCUT2D eigenvalue weighted by molar-refractivity contribution is 6.11. The Kier molecular flexibility index (Phi) is 9.22. The summed E-state index contributed by atoms with van der Waals surface area (Å²) in [7, 11) is 0. The van der Waals surface area contributed by atoms with E-state index in [-0.39, 0.29) is 0 Å². The maximum absolute atomic E-state index is 6.14. The molecule has 6 rings (SSSR count). The van der Waals surface area contributed by atoms with Crippen molar-refractivity contribution in [1.82, 2.24) is 4.57 Å². The maximum atomic E-state index is 6.14. The lowest BCUT2D eigenvalue weighted by Gasteiger charge is -2.19. The molecule has 0 fully saturated rings. The minimum absolute atomic E-state index is 0.421. The van der Waals surface area contributed by atoms with Gasteiger partial charge in [0.15, 0.2) is 0 Å². The fraction of sp³-hybridized carbons (Fsp3) is 0.116. The topological polar surface area (TPSA) is 30.9 Å². The van der Waals surface area contributed by atoms with Gasteiger partial charge >= 0.3 is 0 Å². The van der Waals surface area contributed by atoms with Gasteiger partial charge in [0.1, 0.15) is 0 Å². The molecule has 2 nitrogen and oxygen atoms in total. The lowest BCUT2D eigenvalue weighted by molar-refractivity contribution is 0.635. The van der Waals surface area contributed by atoms with Crippen LogP contribution in [0.15, 0.2) is 158 Å². The first-order chi connectivity index (χ1) is 22.2. The van der Waals surface area contributed by atoms with E-state index >= 15 is 0 Å². The molecule has 5 aromatic rings. The van der Waals surface area contributed by atoms with E-state index in [1.165, 1.54) is 55.3 Å². The van der Waals surface area contributed by atoms with Crippen LogP contribution in [0.2, 0.25) is 0 Å². The lowest BCUT2D eigenvalue weighted by Crippen LogP contribution is -2.10. The van der Waals surface area contributed by atoms with Gasteiger partial charge in [-0.05, 0) is 72.0 Å². The van der Waals surface area contributed by atoms with E-state index in [0.717, 1.165) is 25.0 Å². The zero-order chi connectivity index (χ0) is 31.0. The van der Waals surface area contributed by atoms with Crippen molar-refractivity contribution in [2.24, 2.45) is 11.7 Å². The maximum Gasteiger partial charge on any atom is 0.0616 e. The molecule has 0 saturated carbocycles. The van der Waals surface area contributed by atoms with Crippen molar-refractivity contribution in [3.63, 3.8) is 0 Å². The number of para-hydroxylation sites is 1. The van der Waals surface area contributed by atoms with Crippen molar-refractivity contribution in [2.45, 2.75) is 26.2 Å². The quantitative estimate of drug-likeness (QED) is 0.163. The van der Waals surface area contributed by atoms with Gasteiger partial charge in [0, 0.05) is 39.8 Å². The fourth-order valence-corrected chi connectivity index (χ4v) is 6.20. The summed E-state index contributed by atoms with van der Waals surface area (Å²) in [5.41, 5.74) is 15.8. The highest BCUT2D eigenvalue weighted by atomic mass is 15.0. The molecule has 0 aliphatic heterocycles. The van der Waals surface area contributed by atoms with Crippen molar-refractivity contribution in [2.75, 3.05) is 0 Å². The van der Waals surface area contributed by atoms with Crippen LogP contribution in [-0.2, 0) is 6.42 Å². The van der Waals surface area contributed by atoms with Gasteiger partial charge < -0.3 is 10.3 Å². The Balaban J connectivity index is 1.34. The average molecular weight is 585 g/mol. The first-order valence-electron chi connectivity index (χ1n) is 15.8. The second-order valence-corrected chi connectivity index (χ2v) is 11.5. The predicted molar refractivity (Wildman–Crippen MR) is 196 cm³/mol. The number of rotatable bonds is 10. The largest absolute Gasteiger partial charge is 0.402 e. The van der Waals surface area contributed by atoms with E-state index in [1.54, 1.807) is 6.08 Å². The van der Waals surface area contributed by atoms with Crippen molar-refractivity contribution in [3.05, 3.63) is 175 Å². The van der Waals surface area contributed by atoms with E-state index < -0.39 is 0 Å². The van der Waals surface area contributed by atoms with Crippen LogP contribution < -0.4 is 5.73 Å². The molecule has 2 heteroatoms. The Morgan fingerprint density at radius 2 is 1.67 bits per heavy atom. The number of aromatic nitrogens is 1. The number of benzene rings is 4. The van der Waals surface area contributed by atoms with Crippen LogP contribution in [0.4, 0.5) is 0 Å². The molecule has 0 spiro atoms. The molecule has 1 aromatic heterocycles. The number of nitrogens with two attached hydrogens (primary N) is 1. The molecule has 4 aromatic carbocycles. The number of allylic oxidation sites excluding steroid dienone is 10.